The lowest BCUT2D eigenvalue weighted by Gasteiger charge is -2.10. The number of halogens is 3. The van der Waals surface area contributed by atoms with Crippen LogP contribution in [-0.4, -0.2) is 0 Å². The van der Waals surface area contributed by atoms with E-state index in [4.69, 9.17) is 4.74 Å². The van der Waals surface area contributed by atoms with Crippen LogP contribution in [0.4, 0.5) is 13.2 Å². The van der Waals surface area contributed by atoms with Crippen LogP contribution in [0.15, 0.2) is 72.8 Å². The van der Waals surface area contributed by atoms with E-state index in [1.807, 2.05) is 30.3 Å². The fourth-order valence-electron chi connectivity index (χ4n) is 2.14. The molecule has 115 valence electrons. The van der Waals surface area contributed by atoms with Crippen molar-refractivity contribution in [3.63, 3.8) is 0 Å². The molecule has 3 rings (SSSR count). The van der Waals surface area contributed by atoms with Crippen molar-refractivity contribution in [2.45, 2.75) is 6.18 Å². The van der Waals surface area contributed by atoms with E-state index in [2.05, 4.69) is 6.07 Å². The summed E-state index contributed by atoms with van der Waals surface area (Å²) in [6.45, 7) is 0. The molecule has 3 aromatic rings. The largest absolute Gasteiger partial charge is 0.457 e. The number of ether oxygens (including phenoxy) is 1. The van der Waals surface area contributed by atoms with Crippen molar-refractivity contribution in [2.24, 2.45) is 0 Å². The Morgan fingerprint density at radius 3 is 2.13 bits per heavy atom. The normalized spacial score (nSPS) is 11.3. The Bertz CT molecular complexity index is 778. The van der Waals surface area contributed by atoms with Crippen LogP contribution in [0.2, 0.25) is 0 Å². The lowest BCUT2D eigenvalue weighted by molar-refractivity contribution is -0.137. The van der Waals surface area contributed by atoms with Gasteiger partial charge in [0.1, 0.15) is 11.5 Å². The monoisotopic (exact) mass is 313 g/mol. The Kier molecular flexibility index (Phi) is 4.06. The second kappa shape index (κ2) is 6.16. The SMILES string of the molecule is FC(F)(F)c1ccc(Oc2cc[c]c(-c3ccccc3)c2)cc1. The Morgan fingerprint density at radius 1 is 0.783 bits per heavy atom. The van der Waals surface area contributed by atoms with E-state index in [9.17, 15) is 13.2 Å². The van der Waals surface area contributed by atoms with Gasteiger partial charge in [0, 0.05) is 0 Å². The Labute approximate surface area is 132 Å². The Hall–Kier alpha value is -2.75. The van der Waals surface area contributed by atoms with Gasteiger partial charge in [0.15, 0.2) is 0 Å². The summed E-state index contributed by atoms with van der Waals surface area (Å²) in [6.07, 6.45) is -4.35. The maximum atomic E-state index is 12.5. The minimum absolute atomic E-state index is 0.350. The van der Waals surface area contributed by atoms with Crippen LogP contribution in [0.3, 0.4) is 0 Å². The van der Waals surface area contributed by atoms with E-state index in [1.165, 1.54) is 12.1 Å². The zero-order chi connectivity index (χ0) is 16.3. The fourth-order valence-corrected chi connectivity index (χ4v) is 2.14. The van der Waals surface area contributed by atoms with E-state index >= 15 is 0 Å². The molecule has 0 aliphatic carbocycles. The summed E-state index contributed by atoms with van der Waals surface area (Å²) < 4.78 is 43.2. The summed E-state index contributed by atoms with van der Waals surface area (Å²) in [5, 5.41) is 0. The minimum Gasteiger partial charge on any atom is -0.457 e. The van der Waals surface area contributed by atoms with Gasteiger partial charge in [-0.25, -0.2) is 0 Å². The molecule has 0 fully saturated rings. The summed E-state index contributed by atoms with van der Waals surface area (Å²) in [5.41, 5.74) is 1.15. The molecule has 0 aliphatic rings. The molecule has 0 atom stereocenters. The van der Waals surface area contributed by atoms with Crippen LogP contribution in [0.5, 0.6) is 11.5 Å². The average molecular weight is 313 g/mol. The smallest absolute Gasteiger partial charge is 0.416 e. The molecule has 0 spiro atoms. The van der Waals surface area contributed by atoms with Gasteiger partial charge in [-0.15, -0.1) is 0 Å². The van der Waals surface area contributed by atoms with Gasteiger partial charge >= 0.3 is 6.18 Å². The number of benzene rings is 3. The molecule has 0 saturated carbocycles. The van der Waals surface area contributed by atoms with Crippen LogP contribution in [0.25, 0.3) is 11.1 Å². The van der Waals surface area contributed by atoms with Crippen molar-refractivity contribution in [3.8, 4) is 22.6 Å². The van der Waals surface area contributed by atoms with Crippen LogP contribution in [0, 0.1) is 6.07 Å². The second-order valence-corrected chi connectivity index (χ2v) is 4.93. The third-order valence-electron chi connectivity index (χ3n) is 3.28. The third-order valence-corrected chi connectivity index (χ3v) is 3.28. The minimum atomic E-state index is -4.35. The van der Waals surface area contributed by atoms with Gasteiger partial charge in [-0.3, -0.25) is 0 Å². The number of hydrogen-bond acceptors (Lipinski definition) is 1. The highest BCUT2D eigenvalue weighted by Crippen LogP contribution is 2.32. The first-order valence-electron chi connectivity index (χ1n) is 6.95. The van der Waals surface area contributed by atoms with Gasteiger partial charge in [0.05, 0.1) is 5.56 Å². The first-order valence-corrected chi connectivity index (χ1v) is 6.95. The van der Waals surface area contributed by atoms with Crippen molar-refractivity contribution in [1.82, 2.24) is 0 Å². The lowest BCUT2D eigenvalue weighted by Crippen LogP contribution is -2.03. The molecule has 3 aromatic carbocycles. The van der Waals surface area contributed by atoms with Gasteiger partial charge in [0.2, 0.25) is 0 Å². The molecule has 1 nitrogen and oxygen atoms in total. The summed E-state index contributed by atoms with van der Waals surface area (Å²) in [5.74, 6) is 0.894. The van der Waals surface area contributed by atoms with Gasteiger partial charge in [-0.05, 0) is 53.6 Å². The van der Waals surface area contributed by atoms with Crippen LogP contribution in [-0.2, 0) is 6.18 Å². The fraction of sp³-hybridized carbons (Fsp3) is 0.0526. The van der Waals surface area contributed by atoms with Crippen LogP contribution < -0.4 is 4.74 Å². The van der Waals surface area contributed by atoms with Crippen molar-refractivity contribution in [3.05, 3.63) is 84.4 Å². The summed E-state index contributed by atoms with van der Waals surface area (Å²) in [4.78, 5) is 0. The molecule has 4 heteroatoms. The molecule has 0 bridgehead atoms. The molecule has 23 heavy (non-hydrogen) atoms. The van der Waals surface area contributed by atoms with E-state index in [-0.39, 0.29) is 0 Å². The van der Waals surface area contributed by atoms with E-state index in [1.54, 1.807) is 18.2 Å². The third kappa shape index (κ3) is 3.72. The molecule has 0 amide bonds. The van der Waals surface area contributed by atoms with Gasteiger partial charge in [-0.2, -0.15) is 13.2 Å². The predicted octanol–water partition coefficient (Wildman–Crippen LogP) is 5.96. The van der Waals surface area contributed by atoms with Gasteiger partial charge < -0.3 is 4.74 Å². The topological polar surface area (TPSA) is 9.23 Å². The number of hydrogen-bond donors (Lipinski definition) is 0. The first kappa shape index (κ1) is 15.2. The summed E-state index contributed by atoms with van der Waals surface area (Å²) in [7, 11) is 0. The molecule has 0 aliphatic heterocycles. The Balaban J connectivity index is 1.81. The van der Waals surface area contributed by atoms with E-state index < -0.39 is 11.7 Å². The maximum absolute atomic E-state index is 12.5. The first-order chi connectivity index (χ1) is 11.0. The summed E-state index contributed by atoms with van der Waals surface area (Å²) >= 11 is 0. The molecule has 0 heterocycles. The van der Waals surface area contributed by atoms with E-state index in [0.717, 1.165) is 23.3 Å². The molecule has 0 aromatic heterocycles. The van der Waals surface area contributed by atoms with Crippen molar-refractivity contribution in [1.29, 1.82) is 0 Å². The van der Waals surface area contributed by atoms with Crippen molar-refractivity contribution in [2.75, 3.05) is 0 Å². The lowest BCUT2D eigenvalue weighted by atomic mass is 10.1. The molecule has 0 unspecified atom stereocenters. The number of rotatable bonds is 3. The highest BCUT2D eigenvalue weighted by molar-refractivity contribution is 5.64. The quantitative estimate of drug-likeness (QED) is 0.579. The van der Waals surface area contributed by atoms with Gasteiger partial charge in [0.25, 0.3) is 0 Å². The van der Waals surface area contributed by atoms with Crippen LogP contribution in [0.1, 0.15) is 5.56 Å². The van der Waals surface area contributed by atoms with Crippen LogP contribution >= 0.6 is 0 Å². The molecule has 0 N–H and O–H groups in total. The standard InChI is InChI=1S/C19H12F3O/c20-19(21,22)16-9-11-17(12-10-16)23-18-8-4-7-15(13-18)14-5-2-1-3-6-14/h1-6,8-13H. The van der Waals surface area contributed by atoms with E-state index in [0.29, 0.717) is 11.5 Å². The number of alkyl halides is 3. The molecule has 1 radical (unpaired) electrons. The highest BCUT2D eigenvalue weighted by atomic mass is 19.4. The Morgan fingerprint density at radius 2 is 1.48 bits per heavy atom. The highest BCUT2D eigenvalue weighted by Gasteiger charge is 2.30. The maximum Gasteiger partial charge on any atom is 0.416 e. The second-order valence-electron chi connectivity index (χ2n) is 4.93. The van der Waals surface area contributed by atoms with Crippen molar-refractivity contribution < 1.29 is 17.9 Å². The molecular weight excluding hydrogens is 301 g/mol. The molecule has 0 saturated heterocycles. The zero-order valence-corrected chi connectivity index (χ0v) is 12.0. The summed E-state index contributed by atoms with van der Waals surface area (Å²) in [6, 6.07) is 22.6. The zero-order valence-electron chi connectivity index (χ0n) is 12.0. The van der Waals surface area contributed by atoms with Crippen molar-refractivity contribution >= 4 is 0 Å². The predicted molar refractivity (Wildman–Crippen MR) is 82.2 cm³/mol. The average Bonchev–Trinajstić information content (AvgIpc) is 2.56. The van der Waals surface area contributed by atoms with Gasteiger partial charge in [-0.1, -0.05) is 36.4 Å². The molecular formula is C19H12F3O.